The molecule has 0 aliphatic carbocycles. The van der Waals surface area contributed by atoms with E-state index in [0.29, 0.717) is 0 Å². The second-order valence-electron chi connectivity index (χ2n) is 4.69. The van der Waals surface area contributed by atoms with Crippen molar-refractivity contribution >= 4 is 0 Å². The maximum Gasteiger partial charge on any atom is 0.123 e. The highest BCUT2D eigenvalue weighted by Crippen LogP contribution is 2.21. The molecule has 0 aromatic heterocycles. The molecule has 0 saturated carbocycles. The molecule has 1 aromatic rings. The minimum Gasteiger partial charge on any atom is -0.496 e. The zero-order chi connectivity index (χ0) is 13.4. The van der Waals surface area contributed by atoms with E-state index in [1.165, 1.54) is 17.5 Å². The number of benzene rings is 1. The third-order valence-electron chi connectivity index (χ3n) is 3.16. The number of hydrogen-bond donors (Lipinski definition) is 1. The van der Waals surface area contributed by atoms with Gasteiger partial charge in [0.25, 0.3) is 0 Å². The predicted octanol–water partition coefficient (Wildman–Crippen LogP) is 2.30. The lowest BCUT2D eigenvalue weighted by Crippen LogP contribution is -2.22. The zero-order valence-electron chi connectivity index (χ0n) is 12.1. The van der Waals surface area contributed by atoms with E-state index in [0.717, 1.165) is 31.8 Å². The van der Waals surface area contributed by atoms with Crippen LogP contribution in [-0.2, 0) is 13.0 Å². The van der Waals surface area contributed by atoms with Crippen molar-refractivity contribution in [1.82, 2.24) is 10.2 Å². The van der Waals surface area contributed by atoms with E-state index in [9.17, 15) is 0 Å². The summed E-state index contributed by atoms with van der Waals surface area (Å²) in [6.45, 7) is 5.29. The number of aryl methyl sites for hydroxylation is 1. The molecule has 0 aliphatic heterocycles. The average molecular weight is 250 g/mol. The molecule has 3 nitrogen and oxygen atoms in total. The molecular weight excluding hydrogens is 224 g/mol. The van der Waals surface area contributed by atoms with Crippen molar-refractivity contribution < 1.29 is 4.74 Å². The van der Waals surface area contributed by atoms with Gasteiger partial charge in [-0.2, -0.15) is 0 Å². The van der Waals surface area contributed by atoms with Crippen LogP contribution in [-0.4, -0.2) is 39.2 Å². The van der Waals surface area contributed by atoms with Gasteiger partial charge in [-0.15, -0.1) is 0 Å². The zero-order valence-corrected chi connectivity index (χ0v) is 12.1. The maximum atomic E-state index is 5.43. The fourth-order valence-corrected chi connectivity index (χ4v) is 2.07. The Morgan fingerprint density at radius 3 is 2.72 bits per heavy atom. The smallest absolute Gasteiger partial charge is 0.123 e. The first-order valence-electron chi connectivity index (χ1n) is 6.70. The number of ether oxygens (including phenoxy) is 1. The number of rotatable bonds is 8. The van der Waals surface area contributed by atoms with Crippen molar-refractivity contribution in [3.8, 4) is 5.75 Å². The van der Waals surface area contributed by atoms with Crippen LogP contribution in [0.3, 0.4) is 0 Å². The van der Waals surface area contributed by atoms with Gasteiger partial charge in [-0.3, -0.25) is 0 Å². The summed E-state index contributed by atoms with van der Waals surface area (Å²) < 4.78 is 5.43. The van der Waals surface area contributed by atoms with Crippen LogP contribution in [0.2, 0.25) is 0 Å². The summed E-state index contributed by atoms with van der Waals surface area (Å²) in [5.41, 5.74) is 2.65. The lowest BCUT2D eigenvalue weighted by Gasteiger charge is -2.19. The first-order chi connectivity index (χ1) is 8.71. The summed E-state index contributed by atoms with van der Waals surface area (Å²) in [5, 5.41) is 3.18. The van der Waals surface area contributed by atoms with E-state index in [1.54, 1.807) is 7.11 Å². The van der Waals surface area contributed by atoms with Gasteiger partial charge in [0.2, 0.25) is 0 Å². The molecule has 0 heterocycles. The molecular formula is C15H26N2O. The Morgan fingerprint density at radius 1 is 1.33 bits per heavy atom. The van der Waals surface area contributed by atoms with E-state index < -0.39 is 0 Å². The Balaban J connectivity index is 2.63. The molecule has 0 atom stereocenters. The number of nitrogens with one attached hydrogen (secondary N) is 1. The largest absolute Gasteiger partial charge is 0.496 e. The molecule has 102 valence electrons. The summed E-state index contributed by atoms with van der Waals surface area (Å²) in [4.78, 5) is 2.34. The van der Waals surface area contributed by atoms with Gasteiger partial charge in [-0.05, 0) is 51.7 Å². The van der Waals surface area contributed by atoms with Gasteiger partial charge in [0, 0.05) is 12.1 Å². The maximum absolute atomic E-state index is 5.43. The standard InChI is InChI=1S/C15H26N2O/c1-5-13-7-8-15(18-4)14(11-13)12-17(3)10-6-9-16-2/h7-8,11,16H,5-6,9-10,12H2,1-4H3. The van der Waals surface area contributed by atoms with Gasteiger partial charge in [-0.25, -0.2) is 0 Å². The third-order valence-corrected chi connectivity index (χ3v) is 3.16. The molecule has 1 N–H and O–H groups in total. The van der Waals surface area contributed by atoms with E-state index >= 15 is 0 Å². The molecule has 0 bridgehead atoms. The molecule has 18 heavy (non-hydrogen) atoms. The van der Waals surface area contributed by atoms with Crippen LogP contribution in [0.15, 0.2) is 18.2 Å². The number of nitrogens with zero attached hydrogens (tertiary/aromatic N) is 1. The Bertz CT molecular complexity index is 352. The van der Waals surface area contributed by atoms with Gasteiger partial charge in [0.15, 0.2) is 0 Å². The third kappa shape index (κ3) is 4.67. The molecule has 1 rings (SSSR count). The van der Waals surface area contributed by atoms with E-state index in [-0.39, 0.29) is 0 Å². The SMILES string of the molecule is CCc1ccc(OC)c(CN(C)CCCNC)c1. The molecule has 0 radical (unpaired) electrons. The minimum atomic E-state index is 0.945. The Labute approximate surface area is 111 Å². The highest BCUT2D eigenvalue weighted by molar-refractivity contribution is 5.37. The molecule has 0 aliphatic rings. The van der Waals surface area contributed by atoms with Crippen molar-refractivity contribution in [2.24, 2.45) is 0 Å². The molecule has 0 unspecified atom stereocenters. The molecule has 0 amide bonds. The van der Waals surface area contributed by atoms with E-state index in [2.05, 4.69) is 42.4 Å². The van der Waals surface area contributed by atoms with Gasteiger partial charge >= 0.3 is 0 Å². The van der Waals surface area contributed by atoms with Crippen molar-refractivity contribution in [3.05, 3.63) is 29.3 Å². The molecule has 0 saturated heterocycles. The fraction of sp³-hybridized carbons (Fsp3) is 0.600. The normalized spacial score (nSPS) is 10.9. The van der Waals surface area contributed by atoms with Crippen LogP contribution in [0.25, 0.3) is 0 Å². The van der Waals surface area contributed by atoms with Crippen molar-refractivity contribution in [1.29, 1.82) is 0 Å². The lowest BCUT2D eigenvalue weighted by molar-refractivity contribution is 0.312. The van der Waals surface area contributed by atoms with Crippen molar-refractivity contribution in [2.45, 2.75) is 26.3 Å². The predicted molar refractivity (Wildman–Crippen MR) is 77.2 cm³/mol. The minimum absolute atomic E-state index is 0.945. The van der Waals surface area contributed by atoms with Crippen LogP contribution >= 0.6 is 0 Å². The topological polar surface area (TPSA) is 24.5 Å². The first kappa shape index (κ1) is 15.0. The lowest BCUT2D eigenvalue weighted by atomic mass is 10.1. The fourth-order valence-electron chi connectivity index (χ4n) is 2.07. The van der Waals surface area contributed by atoms with Crippen LogP contribution in [0.1, 0.15) is 24.5 Å². The molecule has 0 fully saturated rings. The number of hydrogen-bond acceptors (Lipinski definition) is 3. The Hall–Kier alpha value is -1.06. The second-order valence-corrected chi connectivity index (χ2v) is 4.69. The monoisotopic (exact) mass is 250 g/mol. The Kier molecular flexibility index (Phi) is 6.76. The summed E-state index contributed by atoms with van der Waals surface area (Å²) in [7, 11) is 5.90. The van der Waals surface area contributed by atoms with E-state index in [4.69, 9.17) is 4.74 Å². The molecule has 1 aromatic carbocycles. The molecule has 3 heteroatoms. The first-order valence-corrected chi connectivity index (χ1v) is 6.70. The summed E-state index contributed by atoms with van der Waals surface area (Å²) in [5.74, 6) is 0.993. The van der Waals surface area contributed by atoms with Crippen molar-refractivity contribution in [3.63, 3.8) is 0 Å². The van der Waals surface area contributed by atoms with Crippen LogP contribution in [0.5, 0.6) is 5.75 Å². The summed E-state index contributed by atoms with van der Waals surface area (Å²) in [6.07, 6.45) is 2.24. The van der Waals surface area contributed by atoms with Gasteiger partial charge in [-0.1, -0.05) is 19.1 Å². The number of methoxy groups -OCH3 is 1. The summed E-state index contributed by atoms with van der Waals surface area (Å²) in [6, 6.07) is 6.48. The van der Waals surface area contributed by atoms with Gasteiger partial charge < -0.3 is 15.0 Å². The highest BCUT2D eigenvalue weighted by Gasteiger charge is 2.07. The van der Waals surface area contributed by atoms with Crippen LogP contribution in [0.4, 0.5) is 0 Å². The van der Waals surface area contributed by atoms with Gasteiger partial charge in [0.05, 0.1) is 7.11 Å². The van der Waals surface area contributed by atoms with E-state index in [1.807, 2.05) is 7.05 Å². The van der Waals surface area contributed by atoms with Crippen molar-refractivity contribution in [2.75, 3.05) is 34.3 Å². The van der Waals surface area contributed by atoms with Crippen LogP contribution in [0, 0.1) is 0 Å². The molecule has 0 spiro atoms. The second kappa shape index (κ2) is 8.11. The quantitative estimate of drug-likeness (QED) is 0.717. The highest BCUT2D eigenvalue weighted by atomic mass is 16.5. The van der Waals surface area contributed by atoms with Gasteiger partial charge in [0.1, 0.15) is 5.75 Å². The average Bonchev–Trinajstić information content (AvgIpc) is 2.39. The Morgan fingerprint density at radius 2 is 2.11 bits per heavy atom. The van der Waals surface area contributed by atoms with Crippen LogP contribution < -0.4 is 10.1 Å². The summed E-state index contributed by atoms with van der Waals surface area (Å²) >= 11 is 0.